The first kappa shape index (κ1) is 14.4. The largest absolute Gasteiger partial charge is 0.374 e. The molecule has 5 heterocycles. The van der Waals surface area contributed by atoms with Gasteiger partial charge in [-0.1, -0.05) is 0 Å². The smallest absolute Gasteiger partial charge is 0.261 e. The van der Waals surface area contributed by atoms with Gasteiger partial charge in [0, 0.05) is 12.7 Å². The van der Waals surface area contributed by atoms with E-state index in [4.69, 9.17) is 9.72 Å². The third kappa shape index (κ3) is 2.27. The lowest BCUT2D eigenvalue weighted by Gasteiger charge is -2.27. The Hall–Kier alpha value is -2.94. The van der Waals surface area contributed by atoms with E-state index in [0.29, 0.717) is 29.0 Å². The lowest BCUT2D eigenvalue weighted by atomic mass is 10.2. The maximum Gasteiger partial charge on any atom is 0.261 e. The first-order valence-electron chi connectivity index (χ1n) is 8.23. The van der Waals surface area contributed by atoms with E-state index < -0.39 is 0 Å². The molecule has 2 bridgehead atoms. The Morgan fingerprint density at radius 3 is 3.08 bits per heavy atom. The minimum absolute atomic E-state index is 0.254. The molecule has 0 saturated carbocycles. The van der Waals surface area contributed by atoms with Crippen molar-refractivity contribution in [3.8, 4) is 0 Å². The monoisotopic (exact) mass is 339 g/mol. The molecule has 0 spiro atoms. The third-order valence-electron chi connectivity index (χ3n) is 4.87. The van der Waals surface area contributed by atoms with Crippen LogP contribution in [0.1, 0.15) is 22.5 Å². The van der Waals surface area contributed by atoms with Gasteiger partial charge in [-0.2, -0.15) is 10.2 Å². The van der Waals surface area contributed by atoms with Crippen LogP contribution in [0.25, 0.3) is 5.65 Å². The zero-order chi connectivity index (χ0) is 17.0. The molecule has 9 nitrogen and oxygen atoms in total. The Balaban J connectivity index is 1.48. The number of aromatic nitrogens is 5. The first-order chi connectivity index (χ1) is 12.2. The van der Waals surface area contributed by atoms with E-state index in [9.17, 15) is 4.79 Å². The van der Waals surface area contributed by atoms with Gasteiger partial charge in [-0.05, 0) is 19.4 Å². The van der Waals surface area contributed by atoms with E-state index in [1.807, 2.05) is 19.2 Å². The summed E-state index contributed by atoms with van der Waals surface area (Å²) in [7, 11) is 0. The van der Waals surface area contributed by atoms with Crippen molar-refractivity contribution in [2.45, 2.75) is 25.5 Å². The number of morpholine rings is 1. The van der Waals surface area contributed by atoms with Gasteiger partial charge in [0.05, 0.1) is 42.5 Å². The number of hydrogen-bond donors (Lipinski definition) is 2. The standard InChI is InChI=1S/C16H17N7O2/c1-9-13(6-17-21-9)19-16(24)12-5-18-23-3-2-14(20-15(12)23)22-7-11-4-10(22)8-25-11/h2-3,5-6,10-11H,4,7-8H2,1H3,(H,17,21)(H,19,24)/t10-,11-/m1/s1. The lowest BCUT2D eigenvalue weighted by molar-refractivity contribution is 0.0988. The number of amides is 1. The molecule has 0 aliphatic carbocycles. The zero-order valence-corrected chi connectivity index (χ0v) is 13.6. The van der Waals surface area contributed by atoms with E-state index >= 15 is 0 Å². The molecule has 2 fully saturated rings. The molecule has 2 aliphatic rings. The number of H-pyrrole nitrogens is 1. The summed E-state index contributed by atoms with van der Waals surface area (Å²) in [4.78, 5) is 19.6. The molecule has 128 valence electrons. The van der Waals surface area contributed by atoms with Crippen molar-refractivity contribution in [1.29, 1.82) is 0 Å². The molecule has 0 radical (unpaired) electrons. The fourth-order valence-electron chi connectivity index (χ4n) is 3.53. The van der Waals surface area contributed by atoms with Crippen molar-refractivity contribution >= 4 is 23.1 Å². The van der Waals surface area contributed by atoms with Gasteiger partial charge in [0.15, 0.2) is 5.65 Å². The molecule has 2 saturated heterocycles. The molecule has 25 heavy (non-hydrogen) atoms. The Labute approximate surface area is 143 Å². The lowest BCUT2D eigenvalue weighted by Crippen LogP contribution is -2.37. The fourth-order valence-corrected chi connectivity index (χ4v) is 3.53. The van der Waals surface area contributed by atoms with Crippen LogP contribution in [0.15, 0.2) is 24.7 Å². The maximum absolute atomic E-state index is 12.6. The molecule has 9 heteroatoms. The molecule has 0 unspecified atom stereocenters. The predicted molar refractivity (Wildman–Crippen MR) is 89.8 cm³/mol. The maximum atomic E-state index is 12.6. The molecular weight excluding hydrogens is 322 g/mol. The second kappa shape index (κ2) is 5.28. The average Bonchev–Trinajstić information content (AvgIpc) is 3.38. The zero-order valence-electron chi connectivity index (χ0n) is 13.6. The molecule has 2 aliphatic heterocycles. The topological polar surface area (TPSA) is 100 Å². The van der Waals surface area contributed by atoms with Crippen LogP contribution in [-0.4, -0.2) is 56.0 Å². The summed E-state index contributed by atoms with van der Waals surface area (Å²) in [6.45, 7) is 3.43. The number of carbonyl (C=O) groups is 1. The molecule has 3 aromatic rings. The van der Waals surface area contributed by atoms with Crippen LogP contribution in [0.3, 0.4) is 0 Å². The summed E-state index contributed by atoms with van der Waals surface area (Å²) in [5.41, 5.74) is 2.42. The van der Waals surface area contributed by atoms with Crippen molar-refractivity contribution in [3.05, 3.63) is 35.9 Å². The third-order valence-corrected chi connectivity index (χ3v) is 4.87. The molecule has 1 amide bonds. The van der Waals surface area contributed by atoms with Crippen molar-refractivity contribution in [2.24, 2.45) is 0 Å². The van der Waals surface area contributed by atoms with E-state index in [2.05, 4.69) is 25.5 Å². The Morgan fingerprint density at radius 1 is 1.44 bits per heavy atom. The van der Waals surface area contributed by atoms with E-state index in [0.717, 1.165) is 31.1 Å². The van der Waals surface area contributed by atoms with E-state index in [1.54, 1.807) is 10.7 Å². The van der Waals surface area contributed by atoms with Crippen LogP contribution in [0.5, 0.6) is 0 Å². The summed E-state index contributed by atoms with van der Waals surface area (Å²) in [5.74, 6) is 0.604. The summed E-state index contributed by atoms with van der Waals surface area (Å²) in [6, 6.07) is 2.30. The van der Waals surface area contributed by atoms with Gasteiger partial charge in [0.25, 0.3) is 5.91 Å². The minimum Gasteiger partial charge on any atom is -0.374 e. The number of anilines is 2. The van der Waals surface area contributed by atoms with Crippen LogP contribution in [0.4, 0.5) is 11.5 Å². The number of hydrogen-bond acceptors (Lipinski definition) is 6. The van der Waals surface area contributed by atoms with Gasteiger partial charge in [-0.3, -0.25) is 9.89 Å². The van der Waals surface area contributed by atoms with Gasteiger partial charge >= 0.3 is 0 Å². The highest BCUT2D eigenvalue weighted by Gasteiger charge is 2.39. The van der Waals surface area contributed by atoms with Crippen molar-refractivity contribution in [3.63, 3.8) is 0 Å². The predicted octanol–water partition coefficient (Wildman–Crippen LogP) is 0.991. The van der Waals surface area contributed by atoms with Gasteiger partial charge in [-0.25, -0.2) is 9.50 Å². The number of fused-ring (bicyclic) bond motifs is 3. The number of nitrogens with one attached hydrogen (secondary N) is 2. The van der Waals surface area contributed by atoms with Crippen LogP contribution in [0, 0.1) is 6.92 Å². The SMILES string of the molecule is Cc1[nH]ncc1NC(=O)c1cnn2ccc(N3C[C@H]4C[C@@H]3CO4)nc12. The molecule has 0 aromatic carbocycles. The van der Waals surface area contributed by atoms with Gasteiger partial charge in [0.1, 0.15) is 11.4 Å². The Morgan fingerprint density at radius 2 is 2.36 bits per heavy atom. The number of aromatic amines is 1. The van der Waals surface area contributed by atoms with E-state index in [-0.39, 0.29) is 5.91 Å². The molecule has 3 aromatic heterocycles. The minimum atomic E-state index is -0.254. The summed E-state index contributed by atoms with van der Waals surface area (Å²) in [5, 5.41) is 13.8. The van der Waals surface area contributed by atoms with Crippen LogP contribution in [-0.2, 0) is 4.74 Å². The summed E-state index contributed by atoms with van der Waals surface area (Å²) < 4.78 is 7.26. The second-order valence-electron chi connectivity index (χ2n) is 6.47. The number of carbonyl (C=O) groups excluding carboxylic acids is 1. The highest BCUT2D eigenvalue weighted by molar-refractivity contribution is 6.08. The summed E-state index contributed by atoms with van der Waals surface area (Å²) >= 11 is 0. The summed E-state index contributed by atoms with van der Waals surface area (Å²) in [6.07, 6.45) is 6.29. The van der Waals surface area contributed by atoms with Crippen LogP contribution in [0.2, 0.25) is 0 Å². The van der Waals surface area contributed by atoms with Crippen molar-refractivity contribution < 1.29 is 9.53 Å². The number of aryl methyl sites for hydroxylation is 1. The van der Waals surface area contributed by atoms with Crippen LogP contribution < -0.4 is 10.2 Å². The Bertz CT molecular complexity index is 962. The van der Waals surface area contributed by atoms with Gasteiger partial charge in [-0.15, -0.1) is 0 Å². The van der Waals surface area contributed by atoms with Gasteiger partial charge < -0.3 is 15.0 Å². The second-order valence-corrected chi connectivity index (χ2v) is 6.47. The van der Waals surface area contributed by atoms with Crippen molar-refractivity contribution in [2.75, 3.05) is 23.4 Å². The highest BCUT2D eigenvalue weighted by Crippen LogP contribution is 2.31. The number of ether oxygens (including phenoxy) is 1. The molecule has 5 rings (SSSR count). The van der Waals surface area contributed by atoms with Gasteiger partial charge in [0.2, 0.25) is 0 Å². The molecular formula is C16H17N7O2. The molecule has 2 atom stereocenters. The van der Waals surface area contributed by atoms with Crippen molar-refractivity contribution in [1.82, 2.24) is 24.8 Å². The fraction of sp³-hybridized carbons (Fsp3) is 0.375. The normalized spacial score (nSPS) is 22.0. The number of nitrogens with zero attached hydrogens (tertiary/aromatic N) is 5. The van der Waals surface area contributed by atoms with E-state index in [1.165, 1.54) is 6.20 Å². The average molecular weight is 339 g/mol. The quantitative estimate of drug-likeness (QED) is 0.738. The molecule has 2 N–H and O–H groups in total. The number of rotatable bonds is 3. The Kier molecular flexibility index (Phi) is 3.04. The van der Waals surface area contributed by atoms with Crippen LogP contribution >= 0.6 is 0 Å². The first-order valence-corrected chi connectivity index (χ1v) is 8.23. The highest BCUT2D eigenvalue weighted by atomic mass is 16.5.